The summed E-state index contributed by atoms with van der Waals surface area (Å²) in [4.78, 5) is 11.6. The maximum atomic E-state index is 12.8. The molecule has 0 atom stereocenters. The SMILES string of the molecule is COc1cn[nH]c(=O)c1-c1ccc(F)cc1. The Kier molecular flexibility index (Phi) is 2.68. The third-order valence-corrected chi connectivity index (χ3v) is 2.17. The van der Waals surface area contributed by atoms with Crippen LogP contribution in [0.15, 0.2) is 35.3 Å². The molecule has 0 radical (unpaired) electrons. The minimum atomic E-state index is -0.369. The van der Waals surface area contributed by atoms with Gasteiger partial charge in [0.05, 0.1) is 18.9 Å². The fourth-order valence-electron chi connectivity index (χ4n) is 1.43. The molecule has 2 aromatic rings. The Morgan fingerprint density at radius 3 is 2.62 bits per heavy atom. The van der Waals surface area contributed by atoms with Crippen molar-refractivity contribution in [2.24, 2.45) is 0 Å². The predicted molar refractivity (Wildman–Crippen MR) is 56.8 cm³/mol. The number of aromatic amines is 1. The number of hydrogen-bond acceptors (Lipinski definition) is 3. The highest BCUT2D eigenvalue weighted by atomic mass is 19.1. The molecule has 0 spiro atoms. The number of benzene rings is 1. The summed E-state index contributed by atoms with van der Waals surface area (Å²) < 4.78 is 17.8. The Morgan fingerprint density at radius 1 is 1.31 bits per heavy atom. The number of nitrogens with zero attached hydrogens (tertiary/aromatic N) is 1. The van der Waals surface area contributed by atoms with Gasteiger partial charge in [0.2, 0.25) is 0 Å². The molecule has 0 aliphatic carbocycles. The van der Waals surface area contributed by atoms with Gasteiger partial charge in [-0.15, -0.1) is 0 Å². The van der Waals surface area contributed by atoms with Crippen LogP contribution >= 0.6 is 0 Å². The van der Waals surface area contributed by atoms with Gasteiger partial charge in [0, 0.05) is 0 Å². The molecule has 0 bridgehead atoms. The van der Waals surface area contributed by atoms with Crippen LogP contribution in [0, 0.1) is 5.82 Å². The zero-order chi connectivity index (χ0) is 11.5. The summed E-state index contributed by atoms with van der Waals surface area (Å²) in [5.74, 6) is 0.00330. The van der Waals surface area contributed by atoms with Gasteiger partial charge in [-0.05, 0) is 17.7 Å². The summed E-state index contributed by atoms with van der Waals surface area (Å²) in [5, 5.41) is 5.93. The fourth-order valence-corrected chi connectivity index (χ4v) is 1.43. The minimum Gasteiger partial charge on any atom is -0.494 e. The van der Waals surface area contributed by atoms with E-state index in [1.165, 1.54) is 37.6 Å². The second kappa shape index (κ2) is 4.14. The standard InChI is InChI=1S/C11H9FN2O2/c1-16-9-6-13-14-11(15)10(9)7-2-4-8(12)5-3-7/h2-6H,1H3,(H,14,15). The lowest BCUT2D eigenvalue weighted by Crippen LogP contribution is -2.11. The fraction of sp³-hybridized carbons (Fsp3) is 0.0909. The van der Waals surface area contributed by atoms with E-state index >= 15 is 0 Å². The van der Waals surface area contributed by atoms with Crippen LogP contribution in [0.25, 0.3) is 11.1 Å². The summed E-state index contributed by atoms with van der Waals surface area (Å²) in [6.45, 7) is 0. The normalized spacial score (nSPS) is 10.1. The highest BCUT2D eigenvalue weighted by Gasteiger charge is 2.10. The topological polar surface area (TPSA) is 55.0 Å². The van der Waals surface area contributed by atoms with Gasteiger partial charge >= 0.3 is 0 Å². The first kappa shape index (κ1) is 10.4. The molecule has 1 aromatic heterocycles. The van der Waals surface area contributed by atoms with Crippen molar-refractivity contribution >= 4 is 0 Å². The zero-order valence-corrected chi connectivity index (χ0v) is 8.53. The number of ether oxygens (including phenoxy) is 1. The van der Waals surface area contributed by atoms with Crippen LogP contribution in [0.3, 0.4) is 0 Å². The highest BCUT2D eigenvalue weighted by Crippen LogP contribution is 2.24. The van der Waals surface area contributed by atoms with E-state index in [0.29, 0.717) is 16.9 Å². The van der Waals surface area contributed by atoms with Crippen molar-refractivity contribution in [1.29, 1.82) is 0 Å². The summed E-state index contributed by atoms with van der Waals surface area (Å²) in [6.07, 6.45) is 1.40. The van der Waals surface area contributed by atoms with Gasteiger partial charge in [-0.25, -0.2) is 9.49 Å². The van der Waals surface area contributed by atoms with Crippen molar-refractivity contribution in [3.63, 3.8) is 0 Å². The van der Waals surface area contributed by atoms with Crippen molar-refractivity contribution in [3.8, 4) is 16.9 Å². The van der Waals surface area contributed by atoms with Crippen LogP contribution in [0.4, 0.5) is 4.39 Å². The first-order valence-corrected chi connectivity index (χ1v) is 4.60. The Bertz CT molecular complexity index is 549. The Hall–Kier alpha value is -2.17. The van der Waals surface area contributed by atoms with Crippen molar-refractivity contribution < 1.29 is 9.13 Å². The Balaban J connectivity index is 2.63. The lowest BCUT2D eigenvalue weighted by Gasteiger charge is -2.05. The first-order valence-electron chi connectivity index (χ1n) is 4.60. The summed E-state index contributed by atoms with van der Waals surface area (Å²) in [7, 11) is 1.45. The van der Waals surface area contributed by atoms with Crippen molar-refractivity contribution in [1.82, 2.24) is 10.2 Å². The Morgan fingerprint density at radius 2 is 2.00 bits per heavy atom. The van der Waals surface area contributed by atoms with E-state index in [0.717, 1.165) is 0 Å². The molecule has 0 aliphatic heterocycles. The van der Waals surface area contributed by atoms with Crippen molar-refractivity contribution in [2.45, 2.75) is 0 Å². The second-order valence-corrected chi connectivity index (χ2v) is 3.15. The highest BCUT2D eigenvalue weighted by molar-refractivity contribution is 5.68. The number of rotatable bonds is 2. The third-order valence-electron chi connectivity index (χ3n) is 2.17. The maximum Gasteiger partial charge on any atom is 0.275 e. The molecular formula is C11H9FN2O2. The number of nitrogens with one attached hydrogen (secondary N) is 1. The zero-order valence-electron chi connectivity index (χ0n) is 8.53. The van der Waals surface area contributed by atoms with Crippen molar-refractivity contribution in [3.05, 3.63) is 46.6 Å². The average Bonchev–Trinajstić information content (AvgIpc) is 2.30. The molecular weight excluding hydrogens is 211 g/mol. The molecule has 5 heteroatoms. The van der Waals surface area contributed by atoms with Gasteiger partial charge < -0.3 is 4.74 Å². The van der Waals surface area contributed by atoms with Crippen LogP contribution in [-0.4, -0.2) is 17.3 Å². The Labute approximate surface area is 90.7 Å². The molecule has 0 aliphatic rings. The molecule has 0 fully saturated rings. The summed E-state index contributed by atoms with van der Waals surface area (Å²) in [6, 6.07) is 5.61. The van der Waals surface area contributed by atoms with Crippen LogP contribution < -0.4 is 10.3 Å². The first-order chi connectivity index (χ1) is 7.72. The lowest BCUT2D eigenvalue weighted by molar-refractivity contribution is 0.412. The van der Waals surface area contributed by atoms with E-state index in [-0.39, 0.29) is 11.4 Å². The number of hydrogen-bond donors (Lipinski definition) is 1. The second-order valence-electron chi connectivity index (χ2n) is 3.15. The summed E-state index contributed by atoms with van der Waals surface area (Å²) in [5.41, 5.74) is 0.561. The van der Waals surface area contributed by atoms with E-state index in [9.17, 15) is 9.18 Å². The van der Waals surface area contributed by atoms with Gasteiger partial charge in [0.25, 0.3) is 5.56 Å². The molecule has 2 rings (SSSR count). The average molecular weight is 220 g/mol. The van der Waals surface area contributed by atoms with Crippen LogP contribution in [0.1, 0.15) is 0 Å². The van der Waals surface area contributed by atoms with E-state index in [2.05, 4.69) is 10.2 Å². The molecule has 0 unspecified atom stereocenters. The molecule has 0 amide bonds. The van der Waals surface area contributed by atoms with Gasteiger partial charge in [-0.1, -0.05) is 12.1 Å². The molecule has 16 heavy (non-hydrogen) atoms. The quantitative estimate of drug-likeness (QED) is 0.836. The van der Waals surface area contributed by atoms with Gasteiger partial charge in [-0.2, -0.15) is 5.10 Å². The molecule has 4 nitrogen and oxygen atoms in total. The van der Waals surface area contributed by atoms with Gasteiger partial charge in [0.15, 0.2) is 5.75 Å². The van der Waals surface area contributed by atoms with Gasteiger partial charge in [0.1, 0.15) is 5.82 Å². The van der Waals surface area contributed by atoms with Crippen molar-refractivity contribution in [2.75, 3.05) is 7.11 Å². The maximum absolute atomic E-state index is 12.8. The molecule has 82 valence electrons. The van der Waals surface area contributed by atoms with Crippen LogP contribution in [0.5, 0.6) is 5.75 Å². The summed E-state index contributed by atoms with van der Waals surface area (Å²) >= 11 is 0. The van der Waals surface area contributed by atoms with E-state index in [4.69, 9.17) is 4.74 Å². The molecule has 0 saturated carbocycles. The third kappa shape index (κ3) is 1.79. The smallest absolute Gasteiger partial charge is 0.275 e. The number of methoxy groups -OCH3 is 1. The minimum absolute atomic E-state index is 0.345. The molecule has 0 saturated heterocycles. The number of H-pyrrole nitrogens is 1. The molecule has 1 heterocycles. The number of aromatic nitrogens is 2. The van der Waals surface area contributed by atoms with Gasteiger partial charge in [-0.3, -0.25) is 4.79 Å². The van der Waals surface area contributed by atoms with E-state index in [1.54, 1.807) is 0 Å². The van der Waals surface area contributed by atoms with E-state index < -0.39 is 0 Å². The largest absolute Gasteiger partial charge is 0.494 e. The monoisotopic (exact) mass is 220 g/mol. The van der Waals surface area contributed by atoms with Crippen LogP contribution in [-0.2, 0) is 0 Å². The predicted octanol–water partition coefficient (Wildman–Crippen LogP) is 1.58. The van der Waals surface area contributed by atoms with Crippen LogP contribution in [0.2, 0.25) is 0 Å². The van der Waals surface area contributed by atoms with E-state index in [1.807, 2.05) is 0 Å². The molecule has 1 N–H and O–H groups in total. The molecule has 1 aromatic carbocycles. The number of halogens is 1. The lowest BCUT2D eigenvalue weighted by atomic mass is 10.1.